The molecule has 1 atom stereocenters. The van der Waals surface area contributed by atoms with Crippen molar-refractivity contribution in [2.45, 2.75) is 26.3 Å². The molecule has 2 rings (SSSR count). The number of phenols is 2. The Morgan fingerprint density at radius 1 is 1.10 bits per heavy atom. The van der Waals surface area contributed by atoms with E-state index in [1.807, 2.05) is 31.2 Å². The van der Waals surface area contributed by atoms with E-state index in [4.69, 9.17) is 4.74 Å². The van der Waals surface area contributed by atoms with Crippen LogP contribution in [0.3, 0.4) is 0 Å². The van der Waals surface area contributed by atoms with Crippen LogP contribution in [-0.2, 0) is 0 Å². The Hall–Kier alpha value is -2.36. The van der Waals surface area contributed by atoms with Crippen molar-refractivity contribution >= 4 is 5.69 Å². The number of aromatic hydroxyl groups is 2. The van der Waals surface area contributed by atoms with Crippen molar-refractivity contribution in [3.63, 3.8) is 0 Å². The predicted molar refractivity (Wildman–Crippen MR) is 84.0 cm³/mol. The van der Waals surface area contributed by atoms with Crippen molar-refractivity contribution in [1.29, 1.82) is 0 Å². The first-order valence-electron chi connectivity index (χ1n) is 7.11. The summed E-state index contributed by atoms with van der Waals surface area (Å²) in [5.41, 5.74) is 1.74. The summed E-state index contributed by atoms with van der Waals surface area (Å²) in [6.07, 6.45) is 0.969. The number of anilines is 1. The minimum atomic E-state index is -0.0515. The van der Waals surface area contributed by atoms with Crippen molar-refractivity contribution < 1.29 is 14.9 Å². The highest BCUT2D eigenvalue weighted by atomic mass is 16.5. The zero-order valence-electron chi connectivity index (χ0n) is 12.3. The zero-order chi connectivity index (χ0) is 15.2. The molecule has 3 N–H and O–H groups in total. The molecule has 0 aliphatic rings. The summed E-state index contributed by atoms with van der Waals surface area (Å²) in [4.78, 5) is 0. The van der Waals surface area contributed by atoms with Gasteiger partial charge < -0.3 is 20.3 Å². The van der Waals surface area contributed by atoms with Crippen LogP contribution in [0.1, 0.15) is 31.9 Å². The lowest BCUT2D eigenvalue weighted by atomic mass is 10.1. The molecule has 0 bridgehead atoms. The number of hydrogen-bond donors (Lipinski definition) is 3. The molecule has 0 fully saturated rings. The van der Waals surface area contributed by atoms with Crippen molar-refractivity contribution in [2.24, 2.45) is 0 Å². The molecule has 4 nitrogen and oxygen atoms in total. The highest BCUT2D eigenvalue weighted by Crippen LogP contribution is 2.28. The Morgan fingerprint density at radius 2 is 1.81 bits per heavy atom. The van der Waals surface area contributed by atoms with Crippen molar-refractivity contribution in [1.82, 2.24) is 0 Å². The first-order chi connectivity index (χ1) is 10.1. The predicted octanol–water partition coefficient (Wildman–Crippen LogP) is 4.06. The van der Waals surface area contributed by atoms with Crippen LogP contribution < -0.4 is 10.1 Å². The van der Waals surface area contributed by atoms with E-state index >= 15 is 0 Å². The Bertz CT molecular complexity index is 578. The molecule has 0 aliphatic carbocycles. The third-order valence-electron chi connectivity index (χ3n) is 3.11. The van der Waals surface area contributed by atoms with Gasteiger partial charge >= 0.3 is 0 Å². The Balaban J connectivity index is 2.09. The van der Waals surface area contributed by atoms with Gasteiger partial charge in [0, 0.05) is 23.9 Å². The fraction of sp³-hybridized carbons (Fsp3) is 0.294. The van der Waals surface area contributed by atoms with Crippen LogP contribution in [0.2, 0.25) is 0 Å². The lowest BCUT2D eigenvalue weighted by Crippen LogP contribution is -2.06. The molecule has 0 radical (unpaired) electrons. The standard InChI is InChI=1S/C17H21NO3/c1-3-7-21-17-6-4-5-14(10-17)18-12(2)13-8-15(19)11-16(20)9-13/h4-6,8-12,18-20H,3,7H2,1-2H3. The summed E-state index contributed by atoms with van der Waals surface area (Å²) in [7, 11) is 0. The molecule has 0 spiro atoms. The second-order valence-electron chi connectivity index (χ2n) is 5.03. The van der Waals surface area contributed by atoms with Gasteiger partial charge in [-0.3, -0.25) is 0 Å². The number of nitrogens with one attached hydrogen (secondary N) is 1. The van der Waals surface area contributed by atoms with Gasteiger partial charge in [0.05, 0.1) is 6.61 Å². The van der Waals surface area contributed by atoms with E-state index in [9.17, 15) is 10.2 Å². The van der Waals surface area contributed by atoms with Crippen LogP contribution in [0.25, 0.3) is 0 Å². The molecule has 0 saturated heterocycles. The molecule has 0 amide bonds. The van der Waals surface area contributed by atoms with Gasteiger partial charge in [0.15, 0.2) is 0 Å². The molecule has 0 heterocycles. The van der Waals surface area contributed by atoms with E-state index < -0.39 is 0 Å². The maximum atomic E-state index is 9.54. The van der Waals surface area contributed by atoms with Crippen molar-refractivity contribution in [3.05, 3.63) is 48.0 Å². The average molecular weight is 287 g/mol. The number of benzene rings is 2. The number of phenolic OH excluding ortho intramolecular Hbond substituents is 2. The molecule has 112 valence electrons. The molecule has 21 heavy (non-hydrogen) atoms. The van der Waals surface area contributed by atoms with E-state index in [-0.39, 0.29) is 17.5 Å². The minimum Gasteiger partial charge on any atom is -0.508 e. The highest BCUT2D eigenvalue weighted by molar-refractivity contribution is 5.50. The van der Waals surface area contributed by atoms with E-state index in [0.29, 0.717) is 6.61 Å². The van der Waals surface area contributed by atoms with Crippen molar-refractivity contribution in [2.75, 3.05) is 11.9 Å². The smallest absolute Gasteiger partial charge is 0.121 e. The van der Waals surface area contributed by atoms with Crippen LogP contribution in [0.4, 0.5) is 5.69 Å². The molecule has 4 heteroatoms. The van der Waals surface area contributed by atoms with Gasteiger partial charge in [0.25, 0.3) is 0 Å². The van der Waals surface area contributed by atoms with Gasteiger partial charge in [-0.25, -0.2) is 0 Å². The van der Waals surface area contributed by atoms with Gasteiger partial charge in [-0.2, -0.15) is 0 Å². The van der Waals surface area contributed by atoms with Gasteiger partial charge in [-0.05, 0) is 43.2 Å². The van der Waals surface area contributed by atoms with E-state index in [1.54, 1.807) is 12.1 Å². The topological polar surface area (TPSA) is 61.7 Å². The number of rotatable bonds is 6. The van der Waals surface area contributed by atoms with E-state index in [1.165, 1.54) is 6.07 Å². The SMILES string of the molecule is CCCOc1cccc(NC(C)c2cc(O)cc(O)c2)c1. The monoisotopic (exact) mass is 287 g/mol. The maximum absolute atomic E-state index is 9.54. The minimum absolute atomic E-state index is 0.0515. The molecule has 2 aromatic carbocycles. The quantitative estimate of drug-likeness (QED) is 0.749. The number of ether oxygens (including phenoxy) is 1. The molecule has 0 saturated carbocycles. The normalized spacial score (nSPS) is 11.9. The third-order valence-corrected chi connectivity index (χ3v) is 3.11. The second kappa shape index (κ2) is 6.88. The van der Waals surface area contributed by atoms with Crippen LogP contribution in [0.5, 0.6) is 17.2 Å². The Morgan fingerprint density at radius 3 is 2.48 bits per heavy atom. The largest absolute Gasteiger partial charge is 0.508 e. The summed E-state index contributed by atoms with van der Waals surface area (Å²) in [5.74, 6) is 0.935. The molecule has 0 aromatic heterocycles. The molecule has 2 aromatic rings. The van der Waals surface area contributed by atoms with Crippen LogP contribution >= 0.6 is 0 Å². The Kier molecular flexibility index (Phi) is 4.93. The summed E-state index contributed by atoms with van der Waals surface area (Å²) < 4.78 is 5.60. The van der Waals surface area contributed by atoms with Crippen LogP contribution in [-0.4, -0.2) is 16.8 Å². The Labute approximate surface area is 125 Å². The highest BCUT2D eigenvalue weighted by Gasteiger charge is 2.08. The summed E-state index contributed by atoms with van der Waals surface area (Å²) in [6, 6.07) is 12.3. The molecule has 0 aliphatic heterocycles. The average Bonchev–Trinajstić information content (AvgIpc) is 2.44. The van der Waals surface area contributed by atoms with Gasteiger partial charge in [0.2, 0.25) is 0 Å². The first kappa shape index (κ1) is 15.0. The number of hydrogen-bond acceptors (Lipinski definition) is 4. The molecular weight excluding hydrogens is 266 g/mol. The second-order valence-corrected chi connectivity index (χ2v) is 5.03. The zero-order valence-corrected chi connectivity index (χ0v) is 12.3. The maximum Gasteiger partial charge on any atom is 0.121 e. The third kappa shape index (κ3) is 4.31. The van der Waals surface area contributed by atoms with Crippen LogP contribution in [0, 0.1) is 0 Å². The van der Waals surface area contributed by atoms with Gasteiger partial charge in [-0.1, -0.05) is 13.0 Å². The fourth-order valence-corrected chi connectivity index (χ4v) is 2.10. The van der Waals surface area contributed by atoms with Crippen LogP contribution in [0.15, 0.2) is 42.5 Å². The lowest BCUT2D eigenvalue weighted by Gasteiger charge is -2.17. The molecule has 1 unspecified atom stereocenters. The van der Waals surface area contributed by atoms with Gasteiger partial charge in [0.1, 0.15) is 17.2 Å². The van der Waals surface area contributed by atoms with Crippen molar-refractivity contribution in [3.8, 4) is 17.2 Å². The fourth-order valence-electron chi connectivity index (χ4n) is 2.10. The summed E-state index contributed by atoms with van der Waals surface area (Å²) >= 11 is 0. The van der Waals surface area contributed by atoms with Gasteiger partial charge in [-0.15, -0.1) is 0 Å². The summed E-state index contributed by atoms with van der Waals surface area (Å²) in [5, 5.41) is 22.4. The summed E-state index contributed by atoms with van der Waals surface area (Å²) in [6.45, 7) is 4.73. The lowest BCUT2D eigenvalue weighted by molar-refractivity contribution is 0.317. The first-order valence-corrected chi connectivity index (χ1v) is 7.11. The van der Waals surface area contributed by atoms with E-state index in [2.05, 4.69) is 12.2 Å². The molecular formula is C17H21NO3. The van der Waals surface area contributed by atoms with E-state index in [0.717, 1.165) is 23.4 Å².